The SMILES string of the molecule is Cc1cccc(-c2noc(CN3CCCC(C(=O)NCCCSCc4ccccc4Cl)C3)n2)c1. The standard InChI is InChI=1S/C26H31ClN4O2S/c1-19-7-4-9-20(15-19)25-29-24(33-30-25)17-31-13-5-10-21(16-31)26(32)28-12-6-14-34-18-22-8-2-3-11-23(22)27/h2-4,7-9,11,15,21H,5-6,10,12-14,16-18H2,1H3,(H,28,32). The van der Waals surface area contributed by atoms with Crippen molar-refractivity contribution in [1.29, 1.82) is 0 Å². The molecule has 180 valence electrons. The van der Waals surface area contributed by atoms with E-state index in [9.17, 15) is 4.79 Å². The average Bonchev–Trinajstić information content (AvgIpc) is 3.31. The number of halogens is 1. The van der Waals surface area contributed by atoms with E-state index in [-0.39, 0.29) is 11.8 Å². The monoisotopic (exact) mass is 498 g/mol. The molecule has 2 heterocycles. The van der Waals surface area contributed by atoms with Gasteiger partial charge in [0, 0.05) is 29.4 Å². The zero-order chi connectivity index (χ0) is 23.8. The van der Waals surface area contributed by atoms with Gasteiger partial charge >= 0.3 is 0 Å². The summed E-state index contributed by atoms with van der Waals surface area (Å²) in [6.45, 7) is 4.97. The number of hydrogen-bond donors (Lipinski definition) is 1. The van der Waals surface area contributed by atoms with Gasteiger partial charge in [-0.1, -0.05) is 58.7 Å². The van der Waals surface area contributed by atoms with Gasteiger partial charge in [0.15, 0.2) is 0 Å². The van der Waals surface area contributed by atoms with Crippen molar-refractivity contribution < 1.29 is 9.32 Å². The molecule has 4 rings (SSSR count). The van der Waals surface area contributed by atoms with E-state index in [4.69, 9.17) is 16.1 Å². The maximum Gasteiger partial charge on any atom is 0.241 e. The number of nitrogens with one attached hydrogen (secondary N) is 1. The summed E-state index contributed by atoms with van der Waals surface area (Å²) in [4.78, 5) is 19.5. The summed E-state index contributed by atoms with van der Waals surface area (Å²) < 4.78 is 5.49. The van der Waals surface area contributed by atoms with Crippen LogP contribution in [0.4, 0.5) is 0 Å². The van der Waals surface area contributed by atoms with Crippen LogP contribution in [0.15, 0.2) is 53.1 Å². The molecule has 1 aromatic heterocycles. The second-order valence-corrected chi connectivity index (χ2v) is 10.3. The van der Waals surface area contributed by atoms with Crippen LogP contribution in [0.5, 0.6) is 0 Å². The van der Waals surface area contributed by atoms with Crippen LogP contribution in [0.3, 0.4) is 0 Å². The summed E-state index contributed by atoms with van der Waals surface area (Å²) in [5.74, 6) is 3.23. The Morgan fingerprint density at radius 1 is 1.26 bits per heavy atom. The van der Waals surface area contributed by atoms with Gasteiger partial charge in [-0.3, -0.25) is 9.69 Å². The number of thioether (sulfide) groups is 1. The fraction of sp³-hybridized carbons (Fsp3) is 0.423. The largest absolute Gasteiger partial charge is 0.356 e. The van der Waals surface area contributed by atoms with Gasteiger partial charge in [0.2, 0.25) is 17.6 Å². The normalized spacial score (nSPS) is 16.5. The molecule has 0 aliphatic carbocycles. The highest BCUT2D eigenvalue weighted by Crippen LogP contribution is 2.22. The first-order valence-electron chi connectivity index (χ1n) is 11.8. The van der Waals surface area contributed by atoms with E-state index in [2.05, 4.69) is 26.4 Å². The first-order chi connectivity index (χ1) is 16.6. The molecule has 1 fully saturated rings. The van der Waals surface area contributed by atoms with Crippen LogP contribution in [0, 0.1) is 12.8 Å². The molecule has 0 spiro atoms. The third-order valence-electron chi connectivity index (χ3n) is 5.96. The number of aromatic nitrogens is 2. The van der Waals surface area contributed by atoms with Crippen molar-refractivity contribution in [3.63, 3.8) is 0 Å². The Labute approximate surface area is 210 Å². The molecule has 1 aliphatic heterocycles. The fourth-order valence-corrected chi connectivity index (χ4v) is 5.40. The Bertz CT molecular complexity index is 1090. The zero-order valence-corrected chi connectivity index (χ0v) is 21.1. The highest BCUT2D eigenvalue weighted by atomic mass is 35.5. The molecule has 0 radical (unpaired) electrons. The van der Waals surface area contributed by atoms with Gasteiger partial charge in [0.25, 0.3) is 0 Å². The topological polar surface area (TPSA) is 71.3 Å². The van der Waals surface area contributed by atoms with Crippen LogP contribution in [0.25, 0.3) is 11.4 Å². The Morgan fingerprint density at radius 3 is 3.00 bits per heavy atom. The molecule has 8 heteroatoms. The van der Waals surface area contributed by atoms with Crippen molar-refractivity contribution in [2.75, 3.05) is 25.4 Å². The van der Waals surface area contributed by atoms with Crippen LogP contribution >= 0.6 is 23.4 Å². The van der Waals surface area contributed by atoms with Gasteiger partial charge in [-0.15, -0.1) is 0 Å². The van der Waals surface area contributed by atoms with Crippen molar-refractivity contribution in [2.24, 2.45) is 5.92 Å². The second kappa shape index (κ2) is 12.4. The minimum atomic E-state index is 0.00342. The molecular formula is C26H31ClN4O2S. The number of benzene rings is 2. The van der Waals surface area contributed by atoms with E-state index in [1.54, 1.807) is 0 Å². The molecule has 2 aromatic carbocycles. The maximum atomic E-state index is 12.7. The third-order valence-corrected chi connectivity index (χ3v) is 7.42. The number of rotatable bonds is 10. The molecular weight excluding hydrogens is 468 g/mol. The van der Waals surface area contributed by atoms with Crippen molar-refractivity contribution in [3.8, 4) is 11.4 Å². The number of amides is 1. The molecule has 1 atom stereocenters. The molecule has 0 saturated carbocycles. The third kappa shape index (κ3) is 7.08. The highest BCUT2D eigenvalue weighted by molar-refractivity contribution is 7.98. The Balaban J connectivity index is 1.17. The van der Waals surface area contributed by atoms with Crippen LogP contribution in [-0.2, 0) is 17.1 Å². The Kier molecular flexibility index (Phi) is 9.02. The molecule has 6 nitrogen and oxygen atoms in total. The number of carbonyl (C=O) groups is 1. The molecule has 1 N–H and O–H groups in total. The number of nitrogens with zero attached hydrogens (tertiary/aromatic N) is 3. The molecule has 1 amide bonds. The van der Waals surface area contributed by atoms with Gasteiger partial charge in [-0.25, -0.2) is 0 Å². The lowest BCUT2D eigenvalue weighted by Crippen LogP contribution is -2.43. The summed E-state index contributed by atoms with van der Waals surface area (Å²) in [7, 11) is 0. The van der Waals surface area contributed by atoms with Crippen LogP contribution in [-0.4, -0.2) is 46.3 Å². The average molecular weight is 499 g/mol. The number of hydrogen-bond acceptors (Lipinski definition) is 6. The lowest BCUT2D eigenvalue weighted by atomic mass is 9.97. The highest BCUT2D eigenvalue weighted by Gasteiger charge is 2.26. The molecule has 1 aliphatic rings. The number of likely N-dealkylation sites (tertiary alicyclic amines) is 1. The predicted molar refractivity (Wildman–Crippen MR) is 138 cm³/mol. The molecule has 3 aromatic rings. The number of aryl methyl sites for hydroxylation is 1. The van der Waals surface area contributed by atoms with E-state index < -0.39 is 0 Å². The summed E-state index contributed by atoms with van der Waals surface area (Å²) in [6, 6.07) is 16.0. The zero-order valence-electron chi connectivity index (χ0n) is 19.5. The number of carbonyl (C=O) groups excluding carboxylic acids is 1. The quantitative estimate of drug-likeness (QED) is 0.380. The van der Waals surface area contributed by atoms with E-state index >= 15 is 0 Å². The van der Waals surface area contributed by atoms with E-state index in [0.717, 1.165) is 65.6 Å². The first kappa shape index (κ1) is 24.8. The Morgan fingerprint density at radius 2 is 2.15 bits per heavy atom. The lowest BCUT2D eigenvalue weighted by molar-refractivity contribution is -0.126. The van der Waals surface area contributed by atoms with E-state index in [1.165, 1.54) is 0 Å². The molecule has 34 heavy (non-hydrogen) atoms. The molecule has 1 saturated heterocycles. The van der Waals surface area contributed by atoms with Crippen molar-refractivity contribution in [3.05, 3.63) is 70.6 Å². The maximum absolute atomic E-state index is 12.7. The van der Waals surface area contributed by atoms with Gasteiger partial charge in [0.1, 0.15) is 0 Å². The fourth-order valence-electron chi connectivity index (χ4n) is 4.15. The van der Waals surface area contributed by atoms with Crippen molar-refractivity contribution in [2.45, 2.75) is 38.5 Å². The van der Waals surface area contributed by atoms with Crippen LogP contribution in [0.1, 0.15) is 36.3 Å². The minimum absolute atomic E-state index is 0.00342. The number of piperidine rings is 1. The summed E-state index contributed by atoms with van der Waals surface area (Å²) in [5, 5.41) is 8.07. The van der Waals surface area contributed by atoms with Crippen molar-refractivity contribution >= 4 is 29.3 Å². The Hall–Kier alpha value is -2.35. The summed E-state index contributed by atoms with van der Waals surface area (Å²) >= 11 is 8.05. The van der Waals surface area contributed by atoms with E-state index in [0.29, 0.717) is 24.8 Å². The van der Waals surface area contributed by atoms with Gasteiger partial charge in [0.05, 0.1) is 12.5 Å². The smallest absolute Gasteiger partial charge is 0.241 e. The predicted octanol–water partition coefficient (Wildman–Crippen LogP) is 5.35. The van der Waals surface area contributed by atoms with Crippen molar-refractivity contribution in [1.82, 2.24) is 20.4 Å². The van der Waals surface area contributed by atoms with E-state index in [1.807, 2.05) is 61.2 Å². The second-order valence-electron chi connectivity index (χ2n) is 8.74. The first-order valence-corrected chi connectivity index (χ1v) is 13.3. The lowest BCUT2D eigenvalue weighted by Gasteiger charge is -2.30. The molecule has 1 unspecified atom stereocenters. The van der Waals surface area contributed by atoms with Gasteiger partial charge < -0.3 is 9.84 Å². The minimum Gasteiger partial charge on any atom is -0.356 e. The summed E-state index contributed by atoms with van der Waals surface area (Å²) in [5.41, 5.74) is 3.27. The van der Waals surface area contributed by atoms with Gasteiger partial charge in [-0.2, -0.15) is 16.7 Å². The van der Waals surface area contributed by atoms with Crippen LogP contribution in [0.2, 0.25) is 5.02 Å². The summed E-state index contributed by atoms with van der Waals surface area (Å²) in [6.07, 6.45) is 2.85. The van der Waals surface area contributed by atoms with Gasteiger partial charge in [-0.05, 0) is 56.2 Å². The van der Waals surface area contributed by atoms with Crippen LogP contribution < -0.4 is 5.32 Å². The molecule has 0 bridgehead atoms.